The average Bonchev–Trinajstić information content (AvgIpc) is 2.16. The van der Waals surface area contributed by atoms with Gasteiger partial charge in [-0.15, -0.1) is 0 Å². The van der Waals surface area contributed by atoms with Crippen molar-refractivity contribution in [1.82, 2.24) is 4.98 Å². The minimum atomic E-state index is -3.08. The molecular weight excluding hydrogens is 210 g/mol. The summed E-state index contributed by atoms with van der Waals surface area (Å²) in [5.74, 6) is -1.46. The van der Waals surface area contributed by atoms with Crippen LogP contribution in [0.2, 0.25) is 0 Å². The van der Waals surface area contributed by atoms with E-state index in [0.717, 1.165) is 0 Å². The largest absolute Gasteiger partial charge is 0.374 e. The summed E-state index contributed by atoms with van der Waals surface area (Å²) in [5.41, 5.74) is 3.94. The van der Waals surface area contributed by atoms with Crippen LogP contribution in [0.5, 0.6) is 0 Å². The van der Waals surface area contributed by atoms with Crippen LogP contribution in [0.1, 0.15) is 17.6 Å². The summed E-state index contributed by atoms with van der Waals surface area (Å²) in [5, 5.41) is 18.8. The first kappa shape index (κ1) is 10.8. The zero-order valence-electron chi connectivity index (χ0n) is 7.15. The van der Waals surface area contributed by atoms with E-state index in [1.54, 1.807) is 0 Å². The molecule has 2 N–H and O–H groups in total. The van der Waals surface area contributed by atoms with Crippen LogP contribution in [0.3, 0.4) is 0 Å². The van der Waals surface area contributed by atoms with Gasteiger partial charge >= 0.3 is 5.82 Å². The molecule has 8 heteroatoms. The second-order valence-corrected chi connectivity index (χ2v) is 2.50. The van der Waals surface area contributed by atoms with Gasteiger partial charge in [-0.2, -0.15) is 5.26 Å². The third-order valence-corrected chi connectivity index (χ3v) is 1.59. The van der Waals surface area contributed by atoms with E-state index in [1.165, 1.54) is 6.07 Å². The topological polar surface area (TPSA) is 106 Å². The summed E-state index contributed by atoms with van der Waals surface area (Å²) >= 11 is 0. The van der Waals surface area contributed by atoms with Crippen molar-refractivity contribution >= 4 is 11.6 Å². The molecule has 1 aromatic rings. The molecule has 0 amide bonds. The van der Waals surface area contributed by atoms with E-state index in [-0.39, 0.29) is 5.56 Å². The molecule has 0 saturated heterocycles. The molecule has 0 fully saturated rings. The van der Waals surface area contributed by atoms with Gasteiger partial charge in [0.05, 0.1) is 0 Å². The zero-order valence-corrected chi connectivity index (χ0v) is 7.15. The molecule has 0 radical (unpaired) electrons. The number of nitro groups is 1. The Labute approximate surface area is 82.1 Å². The standard InChI is InChI=1S/C7H4F2N4O2/c8-5(9)4-1-3(2-10)6(11)12-7(4)13(14)15/h1,5H,(H2,11,12). The lowest BCUT2D eigenvalue weighted by Gasteiger charge is -2.02. The molecule has 1 aromatic heterocycles. The lowest BCUT2D eigenvalue weighted by atomic mass is 10.2. The predicted octanol–water partition coefficient (Wildman–Crippen LogP) is 1.38. The summed E-state index contributed by atoms with van der Waals surface area (Å²) < 4.78 is 24.7. The van der Waals surface area contributed by atoms with E-state index in [2.05, 4.69) is 4.98 Å². The van der Waals surface area contributed by atoms with Gasteiger partial charge in [-0.1, -0.05) is 0 Å². The van der Waals surface area contributed by atoms with Crippen molar-refractivity contribution in [2.24, 2.45) is 0 Å². The highest BCUT2D eigenvalue weighted by Gasteiger charge is 2.26. The molecule has 0 aliphatic heterocycles. The SMILES string of the molecule is N#Cc1cc(C(F)F)c([N+](=O)[O-])nc1N. The monoisotopic (exact) mass is 214 g/mol. The van der Waals surface area contributed by atoms with Crippen LogP contribution in [0.15, 0.2) is 6.07 Å². The Morgan fingerprint density at radius 1 is 1.67 bits per heavy atom. The number of rotatable bonds is 2. The first-order chi connectivity index (χ1) is 6.97. The molecule has 0 aliphatic carbocycles. The lowest BCUT2D eigenvalue weighted by molar-refractivity contribution is -0.390. The number of pyridine rings is 1. The lowest BCUT2D eigenvalue weighted by Crippen LogP contribution is -2.04. The van der Waals surface area contributed by atoms with E-state index in [4.69, 9.17) is 11.0 Å². The van der Waals surface area contributed by atoms with Gasteiger partial charge in [0.2, 0.25) is 0 Å². The molecule has 1 rings (SSSR count). The molecule has 1 heterocycles. The number of alkyl halides is 2. The minimum Gasteiger partial charge on any atom is -0.362 e. The van der Waals surface area contributed by atoms with Crippen molar-refractivity contribution in [2.75, 3.05) is 5.73 Å². The van der Waals surface area contributed by atoms with Gasteiger partial charge in [-0.05, 0) is 16.0 Å². The van der Waals surface area contributed by atoms with E-state index in [1.807, 2.05) is 0 Å². The van der Waals surface area contributed by atoms with Gasteiger partial charge in [0.25, 0.3) is 12.2 Å². The Balaban J connectivity index is 3.47. The van der Waals surface area contributed by atoms with Crippen molar-refractivity contribution in [3.63, 3.8) is 0 Å². The number of hydrogen-bond acceptors (Lipinski definition) is 5. The van der Waals surface area contributed by atoms with E-state index >= 15 is 0 Å². The number of nitriles is 1. The maximum atomic E-state index is 12.3. The first-order valence-corrected chi connectivity index (χ1v) is 3.60. The van der Waals surface area contributed by atoms with Crippen molar-refractivity contribution in [3.8, 4) is 6.07 Å². The molecule has 0 aromatic carbocycles. The third-order valence-electron chi connectivity index (χ3n) is 1.59. The fourth-order valence-corrected chi connectivity index (χ4v) is 0.929. The third kappa shape index (κ3) is 1.96. The molecule has 0 saturated carbocycles. The summed E-state index contributed by atoms with van der Waals surface area (Å²) in [6.45, 7) is 0. The Hall–Kier alpha value is -2.30. The Kier molecular flexibility index (Phi) is 2.75. The first-order valence-electron chi connectivity index (χ1n) is 3.60. The number of anilines is 1. The summed E-state index contributed by atoms with van der Waals surface area (Å²) in [4.78, 5) is 12.4. The smallest absolute Gasteiger partial charge is 0.362 e. The molecule has 0 spiro atoms. The van der Waals surface area contributed by atoms with Gasteiger partial charge in [0.1, 0.15) is 17.2 Å². The second kappa shape index (κ2) is 3.83. The molecule has 0 aliphatic rings. The number of halogens is 2. The van der Waals surface area contributed by atoms with Gasteiger partial charge in [0.15, 0.2) is 0 Å². The molecule has 15 heavy (non-hydrogen) atoms. The van der Waals surface area contributed by atoms with Gasteiger partial charge in [-0.3, -0.25) is 0 Å². The fourth-order valence-electron chi connectivity index (χ4n) is 0.929. The van der Waals surface area contributed by atoms with Crippen LogP contribution < -0.4 is 5.73 Å². The zero-order chi connectivity index (χ0) is 11.6. The predicted molar refractivity (Wildman–Crippen MR) is 45.0 cm³/mol. The highest BCUT2D eigenvalue weighted by Crippen LogP contribution is 2.29. The molecule has 6 nitrogen and oxygen atoms in total. The number of nitrogen functional groups attached to an aromatic ring is 1. The van der Waals surface area contributed by atoms with Crippen LogP contribution in [-0.2, 0) is 0 Å². The van der Waals surface area contributed by atoms with Crippen LogP contribution >= 0.6 is 0 Å². The van der Waals surface area contributed by atoms with Crippen LogP contribution in [-0.4, -0.2) is 9.91 Å². The average molecular weight is 214 g/mol. The fraction of sp³-hybridized carbons (Fsp3) is 0.143. The van der Waals surface area contributed by atoms with Gasteiger partial charge < -0.3 is 15.8 Å². The van der Waals surface area contributed by atoms with E-state index in [0.29, 0.717) is 6.07 Å². The molecular formula is C7H4F2N4O2. The Morgan fingerprint density at radius 2 is 2.27 bits per heavy atom. The second-order valence-electron chi connectivity index (χ2n) is 2.50. The van der Waals surface area contributed by atoms with Gasteiger partial charge in [-0.25, -0.2) is 8.78 Å². The van der Waals surface area contributed by atoms with Crippen molar-refractivity contribution in [1.29, 1.82) is 5.26 Å². The number of nitrogens with zero attached hydrogens (tertiary/aromatic N) is 3. The maximum Gasteiger partial charge on any atom is 0.374 e. The van der Waals surface area contributed by atoms with E-state index in [9.17, 15) is 18.9 Å². The van der Waals surface area contributed by atoms with Crippen LogP contribution in [0.25, 0.3) is 0 Å². The molecule has 0 bridgehead atoms. The quantitative estimate of drug-likeness (QED) is 0.591. The van der Waals surface area contributed by atoms with Gasteiger partial charge in [0, 0.05) is 0 Å². The normalized spacial score (nSPS) is 10.0. The summed E-state index contributed by atoms with van der Waals surface area (Å²) in [6.07, 6.45) is -3.08. The Morgan fingerprint density at radius 3 is 2.67 bits per heavy atom. The summed E-state index contributed by atoms with van der Waals surface area (Å²) in [7, 11) is 0. The maximum absolute atomic E-state index is 12.3. The van der Waals surface area contributed by atoms with E-state index < -0.39 is 28.5 Å². The highest BCUT2D eigenvalue weighted by molar-refractivity contribution is 5.54. The number of aromatic nitrogens is 1. The molecule has 78 valence electrons. The number of nitrogens with two attached hydrogens (primary N) is 1. The summed E-state index contributed by atoms with van der Waals surface area (Å²) in [6, 6.07) is 2.18. The highest BCUT2D eigenvalue weighted by atomic mass is 19.3. The van der Waals surface area contributed by atoms with Crippen LogP contribution in [0, 0.1) is 21.4 Å². The molecule has 0 atom stereocenters. The van der Waals surface area contributed by atoms with Crippen molar-refractivity contribution < 1.29 is 13.7 Å². The molecule has 0 unspecified atom stereocenters. The van der Waals surface area contributed by atoms with Crippen molar-refractivity contribution in [3.05, 3.63) is 27.3 Å². The number of hydrogen-bond donors (Lipinski definition) is 1. The minimum absolute atomic E-state index is 0.309. The Bertz CT molecular complexity index is 455. The van der Waals surface area contributed by atoms with Crippen LogP contribution in [0.4, 0.5) is 20.4 Å². The van der Waals surface area contributed by atoms with Crippen molar-refractivity contribution in [2.45, 2.75) is 6.43 Å².